The number of hydrogen-bond donors (Lipinski definition) is 2. The third-order valence-corrected chi connectivity index (χ3v) is 5.25. The van der Waals surface area contributed by atoms with Gasteiger partial charge in [0.1, 0.15) is 11.5 Å². The van der Waals surface area contributed by atoms with Gasteiger partial charge in [0.15, 0.2) is 0 Å². The largest absolute Gasteiger partial charge is 0.507 e. The van der Waals surface area contributed by atoms with Gasteiger partial charge in [-0.2, -0.15) is 0 Å². The monoisotopic (exact) mass is 330 g/mol. The maximum absolute atomic E-state index is 10.3. The molecule has 3 heteroatoms. The molecule has 0 amide bonds. The van der Waals surface area contributed by atoms with Gasteiger partial charge in [0.25, 0.3) is 0 Å². The number of rotatable bonds is 4. The van der Waals surface area contributed by atoms with Gasteiger partial charge in [0.05, 0.1) is 9.79 Å². The van der Waals surface area contributed by atoms with Crippen molar-refractivity contribution in [2.75, 3.05) is 0 Å². The first-order valence-electron chi connectivity index (χ1n) is 8.05. The molecule has 2 rings (SSSR count). The summed E-state index contributed by atoms with van der Waals surface area (Å²) in [6, 6.07) is 7.70. The lowest BCUT2D eigenvalue weighted by molar-refractivity contribution is 0.458. The smallest absolute Gasteiger partial charge is 0.129 e. The first-order valence-corrected chi connectivity index (χ1v) is 8.87. The Morgan fingerprint density at radius 1 is 0.696 bits per heavy atom. The predicted octanol–water partition coefficient (Wildman–Crippen LogP) is 6.11. The summed E-state index contributed by atoms with van der Waals surface area (Å²) in [6.45, 7) is 12.6. The van der Waals surface area contributed by atoms with E-state index < -0.39 is 0 Å². The third kappa shape index (κ3) is 3.84. The zero-order valence-corrected chi connectivity index (χ0v) is 15.6. The summed E-state index contributed by atoms with van der Waals surface area (Å²) in [5, 5.41) is 20.6. The van der Waals surface area contributed by atoms with Crippen LogP contribution in [-0.4, -0.2) is 10.2 Å². The van der Waals surface area contributed by atoms with Crippen LogP contribution in [0, 0.1) is 13.8 Å². The predicted molar refractivity (Wildman–Crippen MR) is 98.0 cm³/mol. The highest BCUT2D eigenvalue weighted by atomic mass is 32.2. The molecule has 2 nitrogen and oxygen atoms in total. The third-order valence-electron chi connectivity index (χ3n) is 4.16. The van der Waals surface area contributed by atoms with Gasteiger partial charge in [-0.05, 0) is 72.2 Å². The summed E-state index contributed by atoms with van der Waals surface area (Å²) < 4.78 is 0. The van der Waals surface area contributed by atoms with Gasteiger partial charge in [-0.1, -0.05) is 39.5 Å². The highest BCUT2D eigenvalue weighted by Crippen LogP contribution is 2.42. The van der Waals surface area contributed by atoms with E-state index in [9.17, 15) is 10.2 Å². The lowest BCUT2D eigenvalue weighted by Crippen LogP contribution is -1.94. The van der Waals surface area contributed by atoms with Crippen LogP contribution in [0.1, 0.15) is 61.8 Å². The summed E-state index contributed by atoms with van der Waals surface area (Å²) in [5.41, 5.74) is 4.64. The molecule has 0 aliphatic carbocycles. The standard InChI is InChI=1S/C20H26O2S/c1-11(2)15-9-19(17(21)7-13(15)5)23-20-10-16(12(3)4)14(6)8-18(20)22/h7-12,21-22H,1-6H3. The average molecular weight is 330 g/mol. The fourth-order valence-corrected chi connectivity index (χ4v) is 3.84. The quantitative estimate of drug-likeness (QED) is 0.710. The molecule has 0 aromatic heterocycles. The summed E-state index contributed by atoms with van der Waals surface area (Å²) >= 11 is 1.42. The zero-order valence-electron chi connectivity index (χ0n) is 14.8. The molecule has 0 saturated heterocycles. The SMILES string of the molecule is Cc1cc(O)c(Sc2cc(C(C)C)c(C)cc2O)cc1C(C)C. The second kappa shape index (κ2) is 6.88. The number of phenolic OH excluding ortho intramolecular Hbond substituents is 2. The number of benzene rings is 2. The molecular weight excluding hydrogens is 304 g/mol. The Bertz CT molecular complexity index is 657. The molecule has 124 valence electrons. The maximum Gasteiger partial charge on any atom is 0.129 e. The molecule has 0 atom stereocenters. The molecule has 0 aliphatic rings. The van der Waals surface area contributed by atoms with E-state index in [-0.39, 0.29) is 11.5 Å². The Morgan fingerprint density at radius 2 is 1.04 bits per heavy atom. The molecule has 0 heterocycles. The molecule has 2 N–H and O–H groups in total. The molecular formula is C20H26O2S. The first kappa shape index (κ1) is 17.7. The summed E-state index contributed by atoms with van der Waals surface area (Å²) in [7, 11) is 0. The van der Waals surface area contributed by atoms with Crippen molar-refractivity contribution in [1.82, 2.24) is 0 Å². The fourth-order valence-electron chi connectivity index (χ4n) is 2.90. The minimum Gasteiger partial charge on any atom is -0.507 e. The molecule has 23 heavy (non-hydrogen) atoms. The number of phenols is 2. The van der Waals surface area contributed by atoms with Crippen molar-refractivity contribution in [2.45, 2.75) is 63.2 Å². The van der Waals surface area contributed by atoms with E-state index >= 15 is 0 Å². The minimum absolute atomic E-state index is 0.267. The normalized spacial score (nSPS) is 11.5. The van der Waals surface area contributed by atoms with Crippen LogP contribution in [0.4, 0.5) is 0 Å². The van der Waals surface area contributed by atoms with Gasteiger partial charge in [-0.25, -0.2) is 0 Å². The number of aromatic hydroxyl groups is 2. The Kier molecular flexibility index (Phi) is 5.30. The maximum atomic E-state index is 10.3. The lowest BCUT2D eigenvalue weighted by Gasteiger charge is -2.16. The molecule has 0 radical (unpaired) electrons. The van der Waals surface area contributed by atoms with Crippen LogP contribution in [0.25, 0.3) is 0 Å². The molecule has 0 fully saturated rings. The number of aryl methyl sites for hydroxylation is 2. The number of hydrogen-bond acceptors (Lipinski definition) is 3. The van der Waals surface area contributed by atoms with Crippen LogP contribution < -0.4 is 0 Å². The molecule has 0 bridgehead atoms. The highest BCUT2D eigenvalue weighted by Gasteiger charge is 2.15. The minimum atomic E-state index is 0.267. The first-order chi connectivity index (χ1) is 10.7. The second-order valence-electron chi connectivity index (χ2n) is 6.76. The van der Waals surface area contributed by atoms with Crippen LogP contribution in [-0.2, 0) is 0 Å². The van der Waals surface area contributed by atoms with E-state index in [0.717, 1.165) is 20.9 Å². The lowest BCUT2D eigenvalue weighted by atomic mass is 9.98. The van der Waals surface area contributed by atoms with Gasteiger partial charge in [-0.3, -0.25) is 0 Å². The Labute approximate surface area is 143 Å². The topological polar surface area (TPSA) is 40.5 Å². The molecule has 0 unspecified atom stereocenters. The molecule has 0 spiro atoms. The highest BCUT2D eigenvalue weighted by molar-refractivity contribution is 7.99. The summed E-state index contributed by atoms with van der Waals surface area (Å²) in [6.07, 6.45) is 0. The fraction of sp³-hybridized carbons (Fsp3) is 0.400. The average Bonchev–Trinajstić information content (AvgIpc) is 2.43. The van der Waals surface area contributed by atoms with Gasteiger partial charge < -0.3 is 10.2 Å². The van der Waals surface area contributed by atoms with Crippen molar-refractivity contribution >= 4 is 11.8 Å². The van der Waals surface area contributed by atoms with Gasteiger partial charge in [-0.15, -0.1) is 0 Å². The van der Waals surface area contributed by atoms with Crippen LogP contribution >= 0.6 is 11.8 Å². The van der Waals surface area contributed by atoms with Crippen LogP contribution in [0.3, 0.4) is 0 Å². The Morgan fingerprint density at radius 3 is 1.35 bits per heavy atom. The van der Waals surface area contributed by atoms with E-state index in [1.165, 1.54) is 22.9 Å². The van der Waals surface area contributed by atoms with Crippen molar-refractivity contribution in [3.8, 4) is 11.5 Å². The van der Waals surface area contributed by atoms with E-state index in [4.69, 9.17) is 0 Å². The van der Waals surface area contributed by atoms with Gasteiger partial charge in [0, 0.05) is 0 Å². The second-order valence-corrected chi connectivity index (χ2v) is 7.85. The molecule has 0 aliphatic heterocycles. The van der Waals surface area contributed by atoms with Crippen molar-refractivity contribution < 1.29 is 10.2 Å². The van der Waals surface area contributed by atoms with Crippen molar-refractivity contribution in [3.63, 3.8) is 0 Å². The van der Waals surface area contributed by atoms with Crippen molar-refractivity contribution in [2.24, 2.45) is 0 Å². The van der Waals surface area contributed by atoms with E-state index in [1.54, 1.807) is 0 Å². The Hall–Kier alpha value is -1.61. The van der Waals surface area contributed by atoms with E-state index in [2.05, 4.69) is 27.7 Å². The summed E-state index contributed by atoms with van der Waals surface area (Å²) in [4.78, 5) is 1.57. The Balaban J connectivity index is 2.47. The van der Waals surface area contributed by atoms with Crippen molar-refractivity contribution in [3.05, 3.63) is 46.5 Å². The van der Waals surface area contributed by atoms with Crippen LogP contribution in [0.15, 0.2) is 34.1 Å². The van der Waals surface area contributed by atoms with Crippen LogP contribution in [0.5, 0.6) is 11.5 Å². The molecule has 2 aromatic carbocycles. The van der Waals surface area contributed by atoms with Gasteiger partial charge in [0.2, 0.25) is 0 Å². The van der Waals surface area contributed by atoms with E-state index in [0.29, 0.717) is 11.8 Å². The summed E-state index contributed by atoms with van der Waals surface area (Å²) in [5.74, 6) is 1.33. The van der Waals surface area contributed by atoms with Crippen LogP contribution in [0.2, 0.25) is 0 Å². The van der Waals surface area contributed by atoms with Gasteiger partial charge >= 0.3 is 0 Å². The van der Waals surface area contributed by atoms with E-state index in [1.807, 2.05) is 38.1 Å². The molecule has 0 saturated carbocycles. The van der Waals surface area contributed by atoms with Crippen molar-refractivity contribution in [1.29, 1.82) is 0 Å². The zero-order chi connectivity index (χ0) is 17.3. The molecule has 2 aromatic rings.